The predicted octanol–water partition coefficient (Wildman–Crippen LogP) is 1.49. The third kappa shape index (κ3) is 2.61. The number of amides is 1. The first-order valence-electron chi connectivity index (χ1n) is 6.62. The molecule has 3 unspecified atom stereocenters. The Hall–Kier alpha value is -1.06. The fraction of sp³-hybridized carbons (Fsp3) is 0.846. The van der Waals surface area contributed by atoms with E-state index in [4.69, 9.17) is 4.74 Å². The van der Waals surface area contributed by atoms with Crippen LogP contribution in [0, 0.1) is 17.8 Å². The zero-order chi connectivity index (χ0) is 12.4. The third-order valence-corrected chi connectivity index (χ3v) is 3.96. The van der Waals surface area contributed by atoms with Crippen LogP contribution < -0.4 is 5.32 Å². The lowest BCUT2D eigenvalue weighted by Gasteiger charge is -2.12. The average Bonchev–Trinajstić information content (AvgIpc) is 3.03. The van der Waals surface area contributed by atoms with Crippen molar-refractivity contribution in [3.8, 4) is 0 Å². The summed E-state index contributed by atoms with van der Waals surface area (Å²) in [4.78, 5) is 23.4. The number of rotatable bonds is 4. The standard InChI is InChI=1S/C13H21NO3/c1-3-17-13(16)8(2)14-12(15)11-9-6-4-5-7-10(9)11/h8-11H,3-7H2,1-2H3,(H,14,15). The van der Waals surface area contributed by atoms with E-state index in [0.717, 1.165) is 0 Å². The minimum Gasteiger partial charge on any atom is -0.464 e. The predicted molar refractivity (Wildman–Crippen MR) is 63.2 cm³/mol. The lowest BCUT2D eigenvalue weighted by atomic mass is 10.0. The van der Waals surface area contributed by atoms with Gasteiger partial charge in [0.15, 0.2) is 0 Å². The fourth-order valence-corrected chi connectivity index (χ4v) is 3.02. The molecule has 0 aromatic heterocycles. The second-order valence-corrected chi connectivity index (χ2v) is 5.12. The molecule has 2 aliphatic rings. The second-order valence-electron chi connectivity index (χ2n) is 5.12. The van der Waals surface area contributed by atoms with Gasteiger partial charge in [-0.2, -0.15) is 0 Å². The molecule has 1 amide bonds. The summed E-state index contributed by atoms with van der Waals surface area (Å²) in [5, 5.41) is 2.77. The van der Waals surface area contributed by atoms with E-state index in [1.54, 1.807) is 13.8 Å². The lowest BCUT2D eigenvalue weighted by molar-refractivity contribution is -0.147. The fourth-order valence-electron chi connectivity index (χ4n) is 3.02. The number of carbonyl (C=O) groups excluding carboxylic acids is 2. The topological polar surface area (TPSA) is 55.4 Å². The van der Waals surface area contributed by atoms with Crippen molar-refractivity contribution in [2.45, 2.75) is 45.6 Å². The molecule has 0 radical (unpaired) electrons. The summed E-state index contributed by atoms with van der Waals surface area (Å²) in [6.07, 6.45) is 4.85. The van der Waals surface area contributed by atoms with Crippen LogP contribution in [0.1, 0.15) is 39.5 Å². The van der Waals surface area contributed by atoms with Crippen molar-refractivity contribution in [3.63, 3.8) is 0 Å². The Morgan fingerprint density at radius 2 is 1.88 bits per heavy atom. The van der Waals surface area contributed by atoms with E-state index in [2.05, 4.69) is 5.32 Å². The highest BCUT2D eigenvalue weighted by atomic mass is 16.5. The molecule has 0 spiro atoms. The van der Waals surface area contributed by atoms with Gasteiger partial charge in [0.05, 0.1) is 6.61 Å². The smallest absolute Gasteiger partial charge is 0.328 e. The minimum absolute atomic E-state index is 0.0439. The van der Waals surface area contributed by atoms with Gasteiger partial charge in [-0.25, -0.2) is 4.79 Å². The Bertz CT molecular complexity index is 304. The van der Waals surface area contributed by atoms with E-state index in [1.807, 2.05) is 0 Å². The first-order chi connectivity index (χ1) is 8.15. The quantitative estimate of drug-likeness (QED) is 0.756. The van der Waals surface area contributed by atoms with Crippen LogP contribution in [0.2, 0.25) is 0 Å². The van der Waals surface area contributed by atoms with Gasteiger partial charge in [-0.05, 0) is 38.5 Å². The molecule has 96 valence electrons. The molecule has 4 heteroatoms. The van der Waals surface area contributed by atoms with Crippen molar-refractivity contribution in [2.24, 2.45) is 17.8 Å². The molecule has 2 fully saturated rings. The first-order valence-corrected chi connectivity index (χ1v) is 6.62. The van der Waals surface area contributed by atoms with Crippen molar-refractivity contribution in [1.29, 1.82) is 0 Å². The van der Waals surface area contributed by atoms with E-state index in [0.29, 0.717) is 18.4 Å². The Labute approximate surface area is 102 Å². The van der Waals surface area contributed by atoms with E-state index in [9.17, 15) is 9.59 Å². The largest absolute Gasteiger partial charge is 0.464 e. The first kappa shape index (κ1) is 12.4. The average molecular weight is 239 g/mol. The number of nitrogens with one attached hydrogen (secondary N) is 1. The molecular formula is C13H21NO3. The van der Waals surface area contributed by atoms with Gasteiger partial charge in [-0.15, -0.1) is 0 Å². The van der Waals surface area contributed by atoms with Crippen LogP contribution in [-0.2, 0) is 14.3 Å². The van der Waals surface area contributed by atoms with Gasteiger partial charge in [-0.1, -0.05) is 12.8 Å². The molecule has 4 nitrogen and oxygen atoms in total. The normalized spacial score (nSPS) is 32.2. The summed E-state index contributed by atoms with van der Waals surface area (Å²) < 4.78 is 4.87. The minimum atomic E-state index is -0.523. The van der Waals surface area contributed by atoms with Crippen LogP contribution >= 0.6 is 0 Å². The van der Waals surface area contributed by atoms with Crippen LogP contribution in [0.3, 0.4) is 0 Å². The van der Waals surface area contributed by atoms with Crippen molar-refractivity contribution in [1.82, 2.24) is 5.32 Å². The Morgan fingerprint density at radius 3 is 2.41 bits per heavy atom. The highest BCUT2D eigenvalue weighted by molar-refractivity contribution is 5.87. The van der Waals surface area contributed by atoms with Crippen LogP contribution in [0.4, 0.5) is 0 Å². The maximum atomic E-state index is 12.0. The number of carbonyl (C=O) groups is 2. The molecule has 17 heavy (non-hydrogen) atoms. The van der Waals surface area contributed by atoms with Crippen LogP contribution in [-0.4, -0.2) is 24.5 Å². The molecule has 0 aromatic rings. The van der Waals surface area contributed by atoms with Crippen molar-refractivity contribution >= 4 is 11.9 Å². The van der Waals surface area contributed by atoms with E-state index in [-0.39, 0.29) is 17.8 Å². The number of fused-ring (bicyclic) bond motifs is 1. The number of esters is 1. The summed E-state index contributed by atoms with van der Waals surface area (Å²) in [5.41, 5.74) is 0. The molecule has 3 atom stereocenters. The van der Waals surface area contributed by atoms with Crippen molar-refractivity contribution in [2.75, 3.05) is 6.61 Å². The van der Waals surface area contributed by atoms with Gasteiger partial charge in [0.25, 0.3) is 0 Å². The highest BCUT2D eigenvalue weighted by Crippen LogP contribution is 2.55. The molecule has 0 saturated heterocycles. The molecule has 0 heterocycles. The van der Waals surface area contributed by atoms with Crippen LogP contribution in [0.15, 0.2) is 0 Å². The molecule has 0 bridgehead atoms. The zero-order valence-corrected chi connectivity index (χ0v) is 10.6. The molecule has 2 saturated carbocycles. The van der Waals surface area contributed by atoms with Gasteiger partial charge in [0, 0.05) is 5.92 Å². The summed E-state index contributed by atoms with van der Waals surface area (Å²) in [5.74, 6) is 1.03. The Morgan fingerprint density at radius 1 is 1.29 bits per heavy atom. The summed E-state index contributed by atoms with van der Waals surface area (Å²) >= 11 is 0. The Kier molecular flexibility index (Phi) is 3.69. The van der Waals surface area contributed by atoms with Crippen molar-refractivity contribution in [3.05, 3.63) is 0 Å². The highest BCUT2D eigenvalue weighted by Gasteiger charge is 2.54. The molecule has 2 aliphatic carbocycles. The van der Waals surface area contributed by atoms with Gasteiger partial charge in [-0.3, -0.25) is 4.79 Å². The third-order valence-electron chi connectivity index (χ3n) is 3.96. The molecular weight excluding hydrogens is 218 g/mol. The molecule has 1 N–H and O–H groups in total. The van der Waals surface area contributed by atoms with Crippen LogP contribution in [0.5, 0.6) is 0 Å². The van der Waals surface area contributed by atoms with Crippen LogP contribution in [0.25, 0.3) is 0 Å². The molecule has 2 rings (SSSR count). The molecule has 0 aromatic carbocycles. The lowest BCUT2D eigenvalue weighted by Crippen LogP contribution is -2.40. The summed E-state index contributed by atoms with van der Waals surface area (Å²) in [6, 6.07) is -0.523. The maximum Gasteiger partial charge on any atom is 0.328 e. The van der Waals surface area contributed by atoms with Crippen molar-refractivity contribution < 1.29 is 14.3 Å². The van der Waals surface area contributed by atoms with E-state index in [1.165, 1.54) is 25.7 Å². The van der Waals surface area contributed by atoms with E-state index < -0.39 is 6.04 Å². The SMILES string of the molecule is CCOC(=O)C(C)NC(=O)C1C2CCCCC21. The molecule has 0 aliphatic heterocycles. The van der Waals surface area contributed by atoms with E-state index >= 15 is 0 Å². The summed E-state index contributed by atoms with van der Waals surface area (Å²) in [6.45, 7) is 3.80. The second kappa shape index (κ2) is 5.07. The van der Waals surface area contributed by atoms with Gasteiger partial charge in [0.1, 0.15) is 6.04 Å². The Balaban J connectivity index is 1.80. The summed E-state index contributed by atoms with van der Waals surface area (Å²) in [7, 11) is 0. The van der Waals surface area contributed by atoms with Gasteiger partial charge < -0.3 is 10.1 Å². The maximum absolute atomic E-state index is 12.0. The zero-order valence-electron chi connectivity index (χ0n) is 10.6. The number of ether oxygens (including phenoxy) is 1. The van der Waals surface area contributed by atoms with Gasteiger partial charge in [0.2, 0.25) is 5.91 Å². The number of hydrogen-bond acceptors (Lipinski definition) is 3. The van der Waals surface area contributed by atoms with Gasteiger partial charge >= 0.3 is 5.97 Å². The number of hydrogen-bond donors (Lipinski definition) is 1. The monoisotopic (exact) mass is 239 g/mol.